The Kier molecular flexibility index (Phi) is 7.85. The molecule has 1 aromatic heterocycles. The van der Waals surface area contributed by atoms with Crippen LogP contribution in [0.25, 0.3) is 16.6 Å². The molecule has 1 unspecified atom stereocenters. The molecule has 1 heterocycles. The lowest BCUT2D eigenvalue weighted by Gasteiger charge is -2.38. The lowest BCUT2D eigenvalue weighted by atomic mass is 10.0. The Hall–Kier alpha value is -4.08. The lowest BCUT2D eigenvalue weighted by molar-refractivity contribution is 0.0719. The van der Waals surface area contributed by atoms with Crippen molar-refractivity contribution in [1.29, 1.82) is 0 Å². The molecule has 0 saturated heterocycles. The van der Waals surface area contributed by atoms with Gasteiger partial charge >= 0.3 is 12.1 Å². The highest BCUT2D eigenvalue weighted by atomic mass is 35.5. The highest BCUT2D eigenvalue weighted by Crippen LogP contribution is 2.30. The van der Waals surface area contributed by atoms with Crippen molar-refractivity contribution in [2.75, 3.05) is 10.6 Å². The summed E-state index contributed by atoms with van der Waals surface area (Å²) in [6, 6.07) is 17.0. The van der Waals surface area contributed by atoms with Gasteiger partial charge in [-0.3, -0.25) is 14.3 Å². The number of halogens is 2. The quantitative estimate of drug-likeness (QED) is 0.236. The molecule has 39 heavy (non-hydrogen) atoms. The van der Waals surface area contributed by atoms with E-state index in [2.05, 4.69) is 10.6 Å². The summed E-state index contributed by atoms with van der Waals surface area (Å²) in [5.74, 6) is 0.199. The standard InChI is InChI=1S/C28H27Cl2N5O4/c1-16(35(27(38)39)28(2,3)4)24-32-22-14-8-12-20(30)23(22)25(36)34(24)18-10-7-9-17(15-18)31-26(37)33-21-13-6-5-11-19(21)29/h5-16H,1-4H3,(H,38,39)(H2,31,33,37). The third-order valence-corrected chi connectivity index (χ3v) is 6.69. The highest BCUT2D eigenvalue weighted by Gasteiger charge is 2.34. The van der Waals surface area contributed by atoms with Gasteiger partial charge in [0.2, 0.25) is 0 Å². The van der Waals surface area contributed by atoms with Crippen LogP contribution in [0.5, 0.6) is 0 Å². The molecule has 0 fully saturated rings. The van der Waals surface area contributed by atoms with Crippen LogP contribution in [-0.4, -0.2) is 37.2 Å². The average Bonchev–Trinajstić information content (AvgIpc) is 2.84. The number of hydrogen-bond acceptors (Lipinski definition) is 4. The van der Waals surface area contributed by atoms with Gasteiger partial charge in [0.15, 0.2) is 0 Å². The number of carboxylic acid groups (broad SMARTS) is 1. The molecule has 3 aromatic carbocycles. The van der Waals surface area contributed by atoms with E-state index in [-0.39, 0.29) is 16.2 Å². The summed E-state index contributed by atoms with van der Waals surface area (Å²) < 4.78 is 1.33. The van der Waals surface area contributed by atoms with E-state index in [0.717, 1.165) is 0 Å². The van der Waals surface area contributed by atoms with Crippen LogP contribution in [-0.2, 0) is 0 Å². The number of para-hydroxylation sites is 1. The van der Waals surface area contributed by atoms with Gasteiger partial charge in [0.05, 0.1) is 38.4 Å². The van der Waals surface area contributed by atoms with E-state index in [4.69, 9.17) is 28.2 Å². The molecule has 1 atom stereocenters. The van der Waals surface area contributed by atoms with Crippen LogP contribution in [0.15, 0.2) is 71.5 Å². The fourth-order valence-electron chi connectivity index (χ4n) is 4.46. The topological polar surface area (TPSA) is 117 Å². The first-order valence-corrected chi connectivity index (χ1v) is 12.8. The maximum absolute atomic E-state index is 13.9. The van der Waals surface area contributed by atoms with Crippen molar-refractivity contribution < 1.29 is 14.7 Å². The first kappa shape index (κ1) is 27.9. The summed E-state index contributed by atoms with van der Waals surface area (Å²) in [7, 11) is 0. The molecule has 3 N–H and O–H groups in total. The first-order chi connectivity index (χ1) is 18.4. The number of carbonyl (C=O) groups excluding carboxylic acids is 1. The van der Waals surface area contributed by atoms with Gasteiger partial charge in [0, 0.05) is 11.2 Å². The first-order valence-electron chi connectivity index (χ1n) is 12.0. The zero-order valence-electron chi connectivity index (χ0n) is 21.7. The largest absolute Gasteiger partial charge is 0.465 e. The van der Waals surface area contributed by atoms with E-state index in [9.17, 15) is 19.5 Å². The number of rotatable bonds is 5. The molecule has 0 radical (unpaired) electrons. The van der Waals surface area contributed by atoms with Crippen molar-refractivity contribution in [3.05, 3.63) is 93.0 Å². The Bertz CT molecular complexity index is 1630. The Morgan fingerprint density at radius 3 is 2.31 bits per heavy atom. The van der Waals surface area contributed by atoms with E-state index < -0.39 is 29.3 Å². The van der Waals surface area contributed by atoms with Crippen LogP contribution in [0, 0.1) is 0 Å². The predicted octanol–water partition coefficient (Wildman–Crippen LogP) is 7.18. The second-order valence-corrected chi connectivity index (χ2v) is 10.7. The number of amides is 3. The zero-order valence-corrected chi connectivity index (χ0v) is 23.2. The van der Waals surface area contributed by atoms with Crippen molar-refractivity contribution in [1.82, 2.24) is 14.5 Å². The van der Waals surface area contributed by atoms with Gasteiger partial charge in [-0.15, -0.1) is 0 Å². The summed E-state index contributed by atoms with van der Waals surface area (Å²) >= 11 is 12.5. The molecule has 0 aliphatic heterocycles. The molecule has 0 saturated carbocycles. The number of benzene rings is 3. The van der Waals surface area contributed by atoms with Gasteiger partial charge < -0.3 is 15.7 Å². The van der Waals surface area contributed by atoms with Crippen molar-refractivity contribution in [3.63, 3.8) is 0 Å². The third-order valence-electron chi connectivity index (χ3n) is 6.05. The lowest BCUT2D eigenvalue weighted by Crippen LogP contribution is -2.47. The summed E-state index contributed by atoms with van der Waals surface area (Å²) in [6.45, 7) is 6.97. The van der Waals surface area contributed by atoms with Gasteiger partial charge in [-0.2, -0.15) is 0 Å². The zero-order chi connectivity index (χ0) is 28.5. The molecule has 202 valence electrons. The Morgan fingerprint density at radius 2 is 1.64 bits per heavy atom. The minimum atomic E-state index is -1.16. The molecule has 9 nitrogen and oxygen atoms in total. The van der Waals surface area contributed by atoms with E-state index >= 15 is 0 Å². The highest BCUT2D eigenvalue weighted by molar-refractivity contribution is 6.35. The third kappa shape index (κ3) is 5.84. The van der Waals surface area contributed by atoms with Gasteiger partial charge in [-0.25, -0.2) is 14.6 Å². The van der Waals surface area contributed by atoms with Gasteiger partial charge in [-0.1, -0.05) is 47.5 Å². The van der Waals surface area contributed by atoms with Gasteiger partial charge in [0.1, 0.15) is 5.82 Å². The number of nitrogens with zero attached hydrogens (tertiary/aromatic N) is 3. The molecule has 0 spiro atoms. The molecule has 11 heteroatoms. The molecule has 0 aliphatic rings. The smallest absolute Gasteiger partial charge is 0.408 e. The molecule has 0 aliphatic carbocycles. The van der Waals surface area contributed by atoms with Crippen LogP contribution >= 0.6 is 23.2 Å². The summed E-state index contributed by atoms with van der Waals surface area (Å²) in [5, 5.41) is 16.3. The van der Waals surface area contributed by atoms with E-state index in [1.165, 1.54) is 9.47 Å². The van der Waals surface area contributed by atoms with Crippen LogP contribution in [0.1, 0.15) is 39.6 Å². The fraction of sp³-hybridized carbons (Fsp3) is 0.214. The van der Waals surface area contributed by atoms with Crippen LogP contribution in [0.4, 0.5) is 21.0 Å². The number of anilines is 2. The molecule has 4 aromatic rings. The number of carbonyl (C=O) groups is 2. The van der Waals surface area contributed by atoms with Gasteiger partial charge in [0.25, 0.3) is 5.56 Å². The van der Waals surface area contributed by atoms with Crippen LogP contribution in [0.2, 0.25) is 10.0 Å². The fourth-order valence-corrected chi connectivity index (χ4v) is 4.89. The normalized spacial score (nSPS) is 12.2. The predicted molar refractivity (Wildman–Crippen MR) is 154 cm³/mol. The second-order valence-electron chi connectivity index (χ2n) is 9.85. The number of nitrogens with one attached hydrogen (secondary N) is 2. The summed E-state index contributed by atoms with van der Waals surface area (Å²) in [6.07, 6.45) is -1.16. The van der Waals surface area contributed by atoms with E-state index in [1.807, 2.05) is 0 Å². The van der Waals surface area contributed by atoms with E-state index in [1.54, 1.807) is 94.4 Å². The maximum atomic E-state index is 13.9. The summed E-state index contributed by atoms with van der Waals surface area (Å²) in [4.78, 5) is 44.8. The molecule has 4 rings (SSSR count). The molecular formula is C28H27Cl2N5O4. The van der Waals surface area contributed by atoms with Crippen LogP contribution in [0.3, 0.4) is 0 Å². The van der Waals surface area contributed by atoms with E-state index in [0.29, 0.717) is 27.6 Å². The number of hydrogen-bond donors (Lipinski definition) is 3. The summed E-state index contributed by atoms with van der Waals surface area (Å²) in [5.41, 5.74) is 0.267. The van der Waals surface area contributed by atoms with Crippen molar-refractivity contribution in [3.8, 4) is 5.69 Å². The SMILES string of the molecule is CC(c1nc2cccc(Cl)c2c(=O)n1-c1cccc(NC(=O)Nc2ccccc2Cl)c1)N(C(=O)O)C(C)(C)C. The van der Waals surface area contributed by atoms with Crippen molar-refractivity contribution >= 4 is 57.6 Å². The minimum Gasteiger partial charge on any atom is -0.465 e. The Balaban J connectivity index is 1.83. The number of aromatic nitrogens is 2. The second kappa shape index (κ2) is 11.0. The Labute approximate surface area is 235 Å². The van der Waals surface area contributed by atoms with Crippen molar-refractivity contribution in [2.24, 2.45) is 0 Å². The molecule has 0 bridgehead atoms. The monoisotopic (exact) mass is 567 g/mol. The minimum absolute atomic E-state index is 0.197. The number of urea groups is 1. The maximum Gasteiger partial charge on any atom is 0.408 e. The average molecular weight is 568 g/mol. The molecular weight excluding hydrogens is 541 g/mol. The van der Waals surface area contributed by atoms with Crippen molar-refractivity contribution in [2.45, 2.75) is 39.3 Å². The molecule has 3 amide bonds. The number of fused-ring (bicyclic) bond motifs is 1. The van der Waals surface area contributed by atoms with Gasteiger partial charge in [-0.05, 0) is 70.2 Å². The van der Waals surface area contributed by atoms with Crippen LogP contribution < -0.4 is 16.2 Å². The Morgan fingerprint density at radius 1 is 0.974 bits per heavy atom.